The molecule has 0 aliphatic carbocycles. The zero-order valence-electron chi connectivity index (χ0n) is 14.2. The van der Waals surface area contributed by atoms with Crippen molar-refractivity contribution < 1.29 is 13.2 Å². The molecule has 26 heavy (non-hydrogen) atoms. The molecule has 9 heteroatoms. The molecule has 1 aliphatic rings. The Hall–Kier alpha value is -2.32. The number of carbonyl (C=O) groups excluding carboxylic acids is 1. The summed E-state index contributed by atoms with van der Waals surface area (Å²) in [4.78, 5) is 19.2. The van der Waals surface area contributed by atoms with E-state index in [1.165, 1.54) is 18.3 Å². The van der Waals surface area contributed by atoms with Gasteiger partial charge in [0.2, 0.25) is 5.91 Å². The molecule has 0 atom stereocenters. The van der Waals surface area contributed by atoms with Gasteiger partial charge >= 0.3 is 0 Å². The second-order valence-electron chi connectivity index (χ2n) is 5.96. The number of aromatic nitrogens is 1. The number of nitrogens with zero attached hydrogens (tertiary/aromatic N) is 3. The predicted molar refractivity (Wildman–Crippen MR) is 101 cm³/mol. The third kappa shape index (κ3) is 4.25. The lowest BCUT2D eigenvalue weighted by Crippen LogP contribution is -2.48. The molecule has 1 aromatic heterocycles. The largest absolute Gasteiger partial charge is 0.368 e. The Morgan fingerprint density at radius 1 is 1.08 bits per heavy atom. The van der Waals surface area contributed by atoms with Crippen molar-refractivity contribution in [3.63, 3.8) is 0 Å². The number of sulfonamides is 1. The Labute approximate surface area is 157 Å². The minimum atomic E-state index is -3.71. The van der Waals surface area contributed by atoms with Crippen molar-refractivity contribution in [2.45, 2.75) is 11.8 Å². The van der Waals surface area contributed by atoms with E-state index in [4.69, 9.17) is 11.6 Å². The quantitative estimate of drug-likeness (QED) is 0.804. The van der Waals surface area contributed by atoms with Gasteiger partial charge in [0.25, 0.3) is 10.0 Å². The number of piperazine rings is 1. The van der Waals surface area contributed by atoms with Crippen LogP contribution in [0.2, 0.25) is 5.15 Å². The molecule has 1 saturated heterocycles. The van der Waals surface area contributed by atoms with Crippen LogP contribution in [0.15, 0.2) is 47.5 Å². The number of hydrogen-bond donors (Lipinski definition) is 1. The van der Waals surface area contributed by atoms with Gasteiger partial charge in [0.1, 0.15) is 10.0 Å². The maximum atomic E-state index is 12.4. The molecule has 1 aliphatic heterocycles. The maximum absolute atomic E-state index is 12.4. The molecule has 0 spiro atoms. The second kappa shape index (κ2) is 7.51. The lowest BCUT2D eigenvalue weighted by atomic mass is 10.2. The molecule has 3 rings (SSSR count). The van der Waals surface area contributed by atoms with Gasteiger partial charge in [0.15, 0.2) is 0 Å². The van der Waals surface area contributed by atoms with Crippen LogP contribution in [0.5, 0.6) is 0 Å². The number of nitrogens with one attached hydrogen (secondary N) is 1. The highest BCUT2D eigenvalue weighted by atomic mass is 35.5. The summed E-state index contributed by atoms with van der Waals surface area (Å²) in [6.07, 6.45) is 1.22. The first kappa shape index (κ1) is 18.5. The number of amides is 1. The Kier molecular flexibility index (Phi) is 5.33. The third-order valence-corrected chi connectivity index (χ3v) is 5.81. The number of halogens is 1. The number of pyridine rings is 1. The number of hydrogen-bond acceptors (Lipinski definition) is 5. The Morgan fingerprint density at radius 2 is 1.73 bits per heavy atom. The summed E-state index contributed by atoms with van der Waals surface area (Å²) in [5.41, 5.74) is 1.45. The van der Waals surface area contributed by atoms with Gasteiger partial charge in [0, 0.05) is 50.7 Å². The smallest absolute Gasteiger partial charge is 0.263 e. The molecule has 0 unspecified atom stereocenters. The van der Waals surface area contributed by atoms with Gasteiger partial charge in [0.05, 0.1) is 0 Å². The summed E-state index contributed by atoms with van der Waals surface area (Å²) in [7, 11) is -3.71. The van der Waals surface area contributed by atoms with Crippen LogP contribution in [0.1, 0.15) is 6.92 Å². The van der Waals surface area contributed by atoms with Gasteiger partial charge in [-0.3, -0.25) is 9.52 Å². The first-order chi connectivity index (χ1) is 12.3. The van der Waals surface area contributed by atoms with Crippen molar-refractivity contribution in [1.29, 1.82) is 0 Å². The van der Waals surface area contributed by atoms with Gasteiger partial charge in [-0.25, -0.2) is 13.4 Å². The minimum absolute atomic E-state index is 0.0475. The minimum Gasteiger partial charge on any atom is -0.368 e. The number of benzene rings is 1. The van der Waals surface area contributed by atoms with Crippen LogP contribution in [0, 0.1) is 0 Å². The fraction of sp³-hybridized carbons (Fsp3) is 0.294. The van der Waals surface area contributed by atoms with Gasteiger partial charge in [-0.2, -0.15) is 0 Å². The average Bonchev–Trinajstić information content (AvgIpc) is 2.62. The predicted octanol–water partition coefficient (Wildman–Crippen LogP) is 2.20. The van der Waals surface area contributed by atoms with E-state index < -0.39 is 10.0 Å². The first-order valence-electron chi connectivity index (χ1n) is 8.10. The zero-order chi connectivity index (χ0) is 18.7. The van der Waals surface area contributed by atoms with Crippen molar-refractivity contribution in [2.24, 2.45) is 0 Å². The van der Waals surface area contributed by atoms with Crippen LogP contribution >= 0.6 is 11.6 Å². The molecular formula is C17H19ClN4O3S. The number of anilines is 2. The summed E-state index contributed by atoms with van der Waals surface area (Å²) < 4.78 is 27.2. The summed E-state index contributed by atoms with van der Waals surface area (Å²) in [5, 5.41) is 0.234. The van der Waals surface area contributed by atoms with Crippen molar-refractivity contribution in [3.8, 4) is 0 Å². The lowest BCUT2D eigenvalue weighted by molar-refractivity contribution is -0.129. The SMILES string of the molecule is CC(=O)N1CCN(c2ccc(NS(=O)(=O)c3ccc(Cl)nc3)cc2)CC1. The lowest BCUT2D eigenvalue weighted by Gasteiger charge is -2.35. The average molecular weight is 395 g/mol. The highest BCUT2D eigenvalue weighted by molar-refractivity contribution is 7.92. The van der Waals surface area contributed by atoms with E-state index >= 15 is 0 Å². The van der Waals surface area contributed by atoms with E-state index in [-0.39, 0.29) is 16.0 Å². The van der Waals surface area contributed by atoms with Crippen molar-refractivity contribution in [3.05, 3.63) is 47.7 Å². The van der Waals surface area contributed by atoms with E-state index in [2.05, 4.69) is 14.6 Å². The van der Waals surface area contributed by atoms with Crippen molar-refractivity contribution >= 4 is 38.9 Å². The fourth-order valence-corrected chi connectivity index (χ4v) is 3.87. The highest BCUT2D eigenvalue weighted by Gasteiger charge is 2.19. The van der Waals surface area contributed by atoms with E-state index in [0.29, 0.717) is 18.8 Å². The number of rotatable bonds is 4. The first-order valence-corrected chi connectivity index (χ1v) is 9.96. The highest BCUT2D eigenvalue weighted by Crippen LogP contribution is 2.22. The Morgan fingerprint density at radius 3 is 2.27 bits per heavy atom. The van der Waals surface area contributed by atoms with Crippen LogP contribution in [0.3, 0.4) is 0 Å². The number of carbonyl (C=O) groups is 1. The molecule has 138 valence electrons. The summed E-state index contributed by atoms with van der Waals surface area (Å²) in [6, 6.07) is 9.99. The van der Waals surface area contributed by atoms with Crippen molar-refractivity contribution in [1.82, 2.24) is 9.88 Å². The summed E-state index contributed by atoms with van der Waals surface area (Å²) in [6.45, 7) is 4.45. The van der Waals surface area contributed by atoms with Crippen molar-refractivity contribution in [2.75, 3.05) is 35.8 Å². The van der Waals surface area contributed by atoms with E-state index in [0.717, 1.165) is 18.8 Å². The van der Waals surface area contributed by atoms with Gasteiger partial charge in [-0.05, 0) is 36.4 Å². The fourth-order valence-electron chi connectivity index (χ4n) is 2.76. The second-order valence-corrected chi connectivity index (χ2v) is 8.03. The molecule has 0 bridgehead atoms. The molecule has 1 fully saturated rings. The Balaban J connectivity index is 1.66. The van der Waals surface area contributed by atoms with E-state index in [1.807, 2.05) is 17.0 Å². The van der Waals surface area contributed by atoms with Crippen LogP contribution in [-0.4, -0.2) is 50.4 Å². The van der Waals surface area contributed by atoms with E-state index in [9.17, 15) is 13.2 Å². The van der Waals surface area contributed by atoms with Crippen LogP contribution < -0.4 is 9.62 Å². The Bertz CT molecular complexity index is 877. The summed E-state index contributed by atoms with van der Waals surface area (Å²) in [5.74, 6) is 0.0890. The standard InChI is InChI=1S/C17H19ClN4O3S/c1-13(23)21-8-10-22(11-9-21)15-4-2-14(3-5-15)20-26(24,25)16-6-7-17(18)19-12-16/h2-7,12,20H,8-11H2,1H3. The molecule has 1 N–H and O–H groups in total. The van der Waals surface area contributed by atoms with Gasteiger partial charge in [-0.1, -0.05) is 11.6 Å². The third-order valence-electron chi connectivity index (χ3n) is 4.22. The molecular weight excluding hydrogens is 376 g/mol. The van der Waals surface area contributed by atoms with E-state index in [1.54, 1.807) is 19.1 Å². The van der Waals surface area contributed by atoms with Gasteiger partial charge in [-0.15, -0.1) is 0 Å². The molecule has 0 saturated carbocycles. The van der Waals surface area contributed by atoms with Crippen LogP contribution in [0.25, 0.3) is 0 Å². The van der Waals surface area contributed by atoms with Crippen LogP contribution in [0.4, 0.5) is 11.4 Å². The molecule has 1 aromatic carbocycles. The molecule has 2 heterocycles. The molecule has 7 nitrogen and oxygen atoms in total. The zero-order valence-corrected chi connectivity index (χ0v) is 15.8. The topological polar surface area (TPSA) is 82.6 Å². The monoisotopic (exact) mass is 394 g/mol. The maximum Gasteiger partial charge on any atom is 0.263 e. The van der Waals surface area contributed by atoms with Crippen LogP contribution in [-0.2, 0) is 14.8 Å². The molecule has 2 aromatic rings. The molecule has 0 radical (unpaired) electrons. The van der Waals surface area contributed by atoms with Gasteiger partial charge < -0.3 is 9.80 Å². The summed E-state index contributed by atoms with van der Waals surface area (Å²) >= 11 is 5.69. The normalized spacial score (nSPS) is 15.0. The molecule has 1 amide bonds.